The summed E-state index contributed by atoms with van der Waals surface area (Å²) in [6, 6.07) is 6.98. The first-order chi connectivity index (χ1) is 7.18. The van der Waals surface area contributed by atoms with Crippen LogP contribution in [0.25, 0.3) is 0 Å². The van der Waals surface area contributed by atoms with Gasteiger partial charge in [0.15, 0.2) is 0 Å². The first kappa shape index (κ1) is 10.7. The lowest BCUT2D eigenvalue weighted by atomic mass is 10.0. The lowest BCUT2D eigenvalue weighted by molar-refractivity contribution is 0.562. The van der Waals surface area contributed by atoms with Crippen molar-refractivity contribution in [2.45, 2.75) is 25.8 Å². The Morgan fingerprint density at radius 1 is 1.60 bits per heavy atom. The molecule has 0 fully saturated rings. The summed E-state index contributed by atoms with van der Waals surface area (Å²) in [5.74, 6) is 0. The van der Waals surface area contributed by atoms with Crippen molar-refractivity contribution in [2.24, 2.45) is 0 Å². The molecule has 0 radical (unpaired) electrons. The van der Waals surface area contributed by atoms with Gasteiger partial charge >= 0.3 is 0 Å². The van der Waals surface area contributed by atoms with Gasteiger partial charge in [0.2, 0.25) is 0 Å². The van der Waals surface area contributed by atoms with E-state index in [9.17, 15) is 0 Å². The zero-order valence-corrected chi connectivity index (χ0v) is 9.77. The largest absolute Gasteiger partial charge is 0.305 e. The molecule has 1 aromatic rings. The van der Waals surface area contributed by atoms with E-state index in [0.717, 1.165) is 0 Å². The molecule has 1 atom stereocenters. The molecule has 1 unspecified atom stereocenters. The number of aryl methyl sites for hydroxylation is 1. The second-order valence-electron chi connectivity index (χ2n) is 4.13. The van der Waals surface area contributed by atoms with Gasteiger partial charge < -0.3 is 5.32 Å². The standard InChI is InChI=1S/C13H16ClN/c1-9-4-3-5-12-11(9)6-7-13(12)15-8-10(2)14/h3-5,13,15H,2,6-8H2,1H3. The fourth-order valence-electron chi connectivity index (χ4n) is 2.28. The maximum absolute atomic E-state index is 5.76. The molecule has 1 nitrogen and oxygen atoms in total. The topological polar surface area (TPSA) is 12.0 Å². The summed E-state index contributed by atoms with van der Waals surface area (Å²) in [4.78, 5) is 0. The van der Waals surface area contributed by atoms with Crippen LogP contribution in [0.3, 0.4) is 0 Å². The third-order valence-corrected chi connectivity index (χ3v) is 3.18. The van der Waals surface area contributed by atoms with Gasteiger partial charge in [-0.3, -0.25) is 0 Å². The second-order valence-corrected chi connectivity index (χ2v) is 4.67. The van der Waals surface area contributed by atoms with E-state index < -0.39 is 0 Å². The molecule has 0 spiro atoms. The van der Waals surface area contributed by atoms with Crippen molar-refractivity contribution >= 4 is 11.6 Å². The molecule has 0 saturated heterocycles. The van der Waals surface area contributed by atoms with E-state index in [1.54, 1.807) is 0 Å². The highest BCUT2D eigenvalue weighted by molar-refractivity contribution is 6.29. The molecule has 0 bridgehead atoms. The summed E-state index contributed by atoms with van der Waals surface area (Å²) in [5.41, 5.74) is 4.35. The van der Waals surface area contributed by atoms with Crippen LogP contribution in [0.2, 0.25) is 0 Å². The third kappa shape index (κ3) is 2.24. The van der Waals surface area contributed by atoms with Gasteiger partial charge in [0.25, 0.3) is 0 Å². The number of rotatable bonds is 3. The predicted octanol–water partition coefficient (Wildman–Crippen LogP) is 3.32. The van der Waals surface area contributed by atoms with Crippen LogP contribution in [0, 0.1) is 6.92 Å². The van der Waals surface area contributed by atoms with Crippen molar-refractivity contribution < 1.29 is 0 Å². The van der Waals surface area contributed by atoms with Crippen molar-refractivity contribution in [3.05, 3.63) is 46.5 Å². The first-order valence-corrected chi connectivity index (χ1v) is 5.71. The van der Waals surface area contributed by atoms with Gasteiger partial charge in [-0.05, 0) is 36.5 Å². The molecule has 0 saturated carbocycles. The normalized spacial score (nSPS) is 18.9. The highest BCUT2D eigenvalue weighted by Gasteiger charge is 2.22. The van der Waals surface area contributed by atoms with Crippen LogP contribution in [0.4, 0.5) is 0 Å². The van der Waals surface area contributed by atoms with Crippen LogP contribution < -0.4 is 5.32 Å². The summed E-state index contributed by atoms with van der Waals surface area (Å²) >= 11 is 5.76. The van der Waals surface area contributed by atoms with E-state index in [1.165, 1.54) is 29.5 Å². The van der Waals surface area contributed by atoms with Gasteiger partial charge in [0, 0.05) is 17.6 Å². The Morgan fingerprint density at radius 3 is 3.13 bits per heavy atom. The maximum Gasteiger partial charge on any atom is 0.0329 e. The molecule has 0 aromatic heterocycles. The first-order valence-electron chi connectivity index (χ1n) is 5.33. The van der Waals surface area contributed by atoms with Crippen molar-refractivity contribution in [3.63, 3.8) is 0 Å². The van der Waals surface area contributed by atoms with Crippen LogP contribution in [0.5, 0.6) is 0 Å². The Balaban J connectivity index is 2.14. The minimum absolute atomic E-state index is 0.454. The molecule has 1 aliphatic rings. The van der Waals surface area contributed by atoms with E-state index in [0.29, 0.717) is 17.6 Å². The molecular weight excluding hydrogens is 206 g/mol. The highest BCUT2D eigenvalue weighted by atomic mass is 35.5. The summed E-state index contributed by atoms with van der Waals surface area (Å²) in [7, 11) is 0. The molecule has 0 aliphatic heterocycles. The Bertz CT molecular complexity index is 384. The molecule has 80 valence electrons. The second kappa shape index (κ2) is 4.38. The molecule has 1 N–H and O–H groups in total. The third-order valence-electron chi connectivity index (χ3n) is 3.05. The SMILES string of the molecule is C=C(Cl)CNC1CCc2c(C)cccc21. The molecule has 0 amide bonds. The van der Waals surface area contributed by atoms with Gasteiger partial charge in [0.05, 0.1) is 0 Å². The van der Waals surface area contributed by atoms with Crippen LogP contribution in [0.15, 0.2) is 29.8 Å². The minimum atomic E-state index is 0.454. The lowest BCUT2D eigenvalue weighted by Gasteiger charge is -2.13. The number of halogens is 1. The van der Waals surface area contributed by atoms with Crippen molar-refractivity contribution in [2.75, 3.05) is 6.54 Å². The van der Waals surface area contributed by atoms with Crippen LogP contribution in [-0.2, 0) is 6.42 Å². The average molecular weight is 222 g/mol. The molecule has 2 heteroatoms. The Kier molecular flexibility index (Phi) is 3.13. The lowest BCUT2D eigenvalue weighted by Crippen LogP contribution is -2.20. The number of hydrogen-bond acceptors (Lipinski definition) is 1. The fourth-order valence-corrected chi connectivity index (χ4v) is 2.36. The van der Waals surface area contributed by atoms with Crippen molar-refractivity contribution in [1.29, 1.82) is 0 Å². The molecule has 15 heavy (non-hydrogen) atoms. The molecule has 0 heterocycles. The van der Waals surface area contributed by atoms with Crippen molar-refractivity contribution in [3.8, 4) is 0 Å². The van der Waals surface area contributed by atoms with Crippen LogP contribution >= 0.6 is 11.6 Å². The molecule has 2 rings (SSSR count). The van der Waals surface area contributed by atoms with E-state index >= 15 is 0 Å². The zero-order valence-electron chi connectivity index (χ0n) is 9.02. The number of nitrogens with one attached hydrogen (secondary N) is 1. The van der Waals surface area contributed by atoms with Crippen LogP contribution in [0.1, 0.15) is 29.2 Å². The Hall–Kier alpha value is -0.790. The number of hydrogen-bond donors (Lipinski definition) is 1. The van der Waals surface area contributed by atoms with Gasteiger partial charge in [0.1, 0.15) is 0 Å². The van der Waals surface area contributed by atoms with Gasteiger partial charge in [-0.1, -0.05) is 36.4 Å². The van der Waals surface area contributed by atoms with Gasteiger partial charge in [-0.15, -0.1) is 0 Å². The monoisotopic (exact) mass is 221 g/mol. The number of fused-ring (bicyclic) bond motifs is 1. The van der Waals surface area contributed by atoms with Crippen LogP contribution in [-0.4, -0.2) is 6.54 Å². The molecular formula is C13H16ClN. The predicted molar refractivity (Wildman–Crippen MR) is 65.2 cm³/mol. The summed E-state index contributed by atoms with van der Waals surface area (Å²) < 4.78 is 0. The van der Waals surface area contributed by atoms with E-state index in [2.05, 4.69) is 37.0 Å². The van der Waals surface area contributed by atoms with Gasteiger partial charge in [-0.2, -0.15) is 0 Å². The maximum atomic E-state index is 5.76. The van der Waals surface area contributed by atoms with E-state index in [-0.39, 0.29) is 0 Å². The molecule has 1 aromatic carbocycles. The summed E-state index contributed by atoms with van der Waals surface area (Å²) in [6.07, 6.45) is 2.35. The fraction of sp³-hybridized carbons (Fsp3) is 0.385. The quantitative estimate of drug-likeness (QED) is 0.826. The Labute approximate surface area is 96.1 Å². The Morgan fingerprint density at radius 2 is 2.40 bits per heavy atom. The van der Waals surface area contributed by atoms with E-state index in [1.807, 2.05) is 0 Å². The molecule has 1 aliphatic carbocycles. The van der Waals surface area contributed by atoms with E-state index in [4.69, 9.17) is 11.6 Å². The zero-order chi connectivity index (χ0) is 10.8. The summed E-state index contributed by atoms with van der Waals surface area (Å²) in [6.45, 7) is 6.57. The average Bonchev–Trinajstić information content (AvgIpc) is 2.59. The highest BCUT2D eigenvalue weighted by Crippen LogP contribution is 2.32. The smallest absolute Gasteiger partial charge is 0.0329 e. The number of benzene rings is 1. The minimum Gasteiger partial charge on any atom is -0.305 e. The van der Waals surface area contributed by atoms with Crippen molar-refractivity contribution in [1.82, 2.24) is 5.32 Å². The van der Waals surface area contributed by atoms with Gasteiger partial charge in [-0.25, -0.2) is 0 Å². The summed E-state index contributed by atoms with van der Waals surface area (Å²) in [5, 5.41) is 4.11.